The molecule has 0 aliphatic carbocycles. The summed E-state index contributed by atoms with van der Waals surface area (Å²) in [6, 6.07) is 2.74. The van der Waals surface area contributed by atoms with E-state index in [-0.39, 0.29) is 11.3 Å². The summed E-state index contributed by atoms with van der Waals surface area (Å²) in [7, 11) is 1.09. The molecule has 0 saturated carbocycles. The fraction of sp³-hybridized carbons (Fsp3) is 0.412. The van der Waals surface area contributed by atoms with Gasteiger partial charge in [-0.15, -0.1) is 0 Å². The number of hydrogen-bond acceptors (Lipinski definition) is 9. The molecule has 1 atom stereocenters. The third kappa shape index (κ3) is 6.75. The number of carboxylic acids is 1. The maximum absolute atomic E-state index is 12.2. The lowest BCUT2D eigenvalue weighted by Gasteiger charge is -2.15. The van der Waals surface area contributed by atoms with Crippen molar-refractivity contribution in [1.29, 1.82) is 0 Å². The molecule has 1 aromatic rings. The number of phenols is 1. The Morgan fingerprint density at radius 2 is 2.14 bits per heavy atom. The number of hydrogen-bond donors (Lipinski definition) is 6. The molecule has 6 N–H and O–H groups in total. The van der Waals surface area contributed by atoms with E-state index in [2.05, 4.69) is 31.0 Å². The first-order valence-electron chi connectivity index (χ1n) is 8.74. The Morgan fingerprint density at radius 1 is 1.34 bits per heavy atom. The van der Waals surface area contributed by atoms with Crippen molar-refractivity contribution in [2.45, 2.75) is 6.04 Å². The topological polar surface area (TPSA) is 171 Å². The second kappa shape index (κ2) is 10.6. The normalized spacial score (nSPS) is 13.5. The number of amides is 2. The summed E-state index contributed by atoms with van der Waals surface area (Å²) in [5.74, 6) is -1.32. The van der Waals surface area contributed by atoms with E-state index in [0.29, 0.717) is 24.9 Å². The second-order valence-electron chi connectivity index (χ2n) is 5.85. The Kier molecular flexibility index (Phi) is 7.88. The predicted molar refractivity (Wildman–Crippen MR) is 101 cm³/mol. The fourth-order valence-electron chi connectivity index (χ4n) is 2.34. The van der Waals surface area contributed by atoms with E-state index in [4.69, 9.17) is 9.84 Å². The van der Waals surface area contributed by atoms with Gasteiger partial charge in [0.05, 0.1) is 25.8 Å². The van der Waals surface area contributed by atoms with Crippen LogP contribution in [0.5, 0.6) is 11.5 Å². The molecule has 0 radical (unpaired) electrons. The molecule has 0 unspecified atom stereocenters. The van der Waals surface area contributed by atoms with Crippen molar-refractivity contribution in [2.75, 3.05) is 39.9 Å². The summed E-state index contributed by atoms with van der Waals surface area (Å²) in [5, 5.41) is 29.6. The Hall–Kier alpha value is -3.70. The molecule has 0 saturated heterocycles. The molecule has 1 aliphatic rings. The summed E-state index contributed by atoms with van der Waals surface area (Å²) >= 11 is 0. The number of alkyl carbamates (subject to hydrolysis) is 1. The lowest BCUT2D eigenvalue weighted by molar-refractivity contribution is -0.139. The number of aliphatic carboxylic acids is 1. The Balaban J connectivity index is 1.83. The van der Waals surface area contributed by atoms with Crippen LogP contribution in [0.15, 0.2) is 23.2 Å². The van der Waals surface area contributed by atoms with E-state index in [1.54, 1.807) is 0 Å². The largest absolute Gasteiger partial charge is 0.507 e. The van der Waals surface area contributed by atoms with Crippen LogP contribution in [0.1, 0.15) is 10.4 Å². The number of carbonyl (C=O) groups excluding carboxylic acids is 2. The average Bonchev–Trinajstić information content (AvgIpc) is 3.21. The molecule has 2 amide bonds. The maximum atomic E-state index is 12.2. The van der Waals surface area contributed by atoms with E-state index in [1.165, 1.54) is 18.2 Å². The molecule has 12 heteroatoms. The van der Waals surface area contributed by atoms with Crippen LogP contribution < -0.4 is 26.0 Å². The van der Waals surface area contributed by atoms with Gasteiger partial charge in [-0.3, -0.25) is 9.79 Å². The minimum absolute atomic E-state index is 0.0674. The highest BCUT2D eigenvalue weighted by molar-refractivity contribution is 5.97. The van der Waals surface area contributed by atoms with E-state index in [0.717, 1.165) is 20.2 Å². The Morgan fingerprint density at radius 3 is 2.76 bits per heavy atom. The summed E-state index contributed by atoms with van der Waals surface area (Å²) in [6.45, 7) is 1.94. The van der Waals surface area contributed by atoms with Crippen LogP contribution in [0.25, 0.3) is 0 Å². The molecular weight excluding hydrogens is 386 g/mol. The SMILES string of the molecule is COC(=O)N[C@@H](CNC(=O)c1ccc(OCCNC2=NCCN2)cc1O)C(=O)O. The van der Waals surface area contributed by atoms with Crippen LogP contribution in [0.3, 0.4) is 0 Å². The number of guanidine groups is 1. The molecule has 0 spiro atoms. The zero-order valence-corrected chi connectivity index (χ0v) is 15.7. The van der Waals surface area contributed by atoms with Gasteiger partial charge < -0.3 is 41.0 Å². The van der Waals surface area contributed by atoms with Crippen molar-refractivity contribution in [1.82, 2.24) is 21.3 Å². The molecular formula is C17H23N5O7. The predicted octanol–water partition coefficient (Wildman–Crippen LogP) is -1.14. The van der Waals surface area contributed by atoms with Crippen LogP contribution in [0.2, 0.25) is 0 Å². The second-order valence-corrected chi connectivity index (χ2v) is 5.85. The van der Waals surface area contributed by atoms with Crippen LogP contribution >= 0.6 is 0 Å². The lowest BCUT2D eigenvalue weighted by atomic mass is 10.1. The molecule has 29 heavy (non-hydrogen) atoms. The lowest BCUT2D eigenvalue weighted by Crippen LogP contribution is -2.48. The monoisotopic (exact) mass is 409 g/mol. The van der Waals surface area contributed by atoms with Gasteiger partial charge in [-0.1, -0.05) is 0 Å². The number of benzene rings is 1. The zero-order chi connectivity index (χ0) is 21.2. The van der Waals surface area contributed by atoms with Crippen LogP contribution in [0.4, 0.5) is 4.79 Å². The van der Waals surface area contributed by atoms with Gasteiger partial charge in [-0.05, 0) is 12.1 Å². The van der Waals surface area contributed by atoms with E-state index in [9.17, 15) is 19.5 Å². The first-order chi connectivity index (χ1) is 13.9. The molecule has 1 aromatic carbocycles. The summed E-state index contributed by atoms with van der Waals surface area (Å²) in [4.78, 5) is 38.6. The molecule has 158 valence electrons. The number of nitrogens with one attached hydrogen (secondary N) is 4. The zero-order valence-electron chi connectivity index (χ0n) is 15.7. The fourth-order valence-corrected chi connectivity index (χ4v) is 2.34. The number of carbonyl (C=O) groups is 3. The number of ether oxygens (including phenoxy) is 2. The highest BCUT2D eigenvalue weighted by Gasteiger charge is 2.22. The smallest absolute Gasteiger partial charge is 0.407 e. The van der Waals surface area contributed by atoms with Crippen LogP contribution in [-0.4, -0.2) is 80.1 Å². The molecule has 0 fully saturated rings. The quantitative estimate of drug-likeness (QED) is 0.276. The molecule has 2 rings (SSSR count). The summed E-state index contributed by atoms with van der Waals surface area (Å²) in [6.07, 6.45) is -0.943. The van der Waals surface area contributed by atoms with Gasteiger partial charge >= 0.3 is 12.1 Å². The maximum Gasteiger partial charge on any atom is 0.407 e. The number of rotatable bonds is 9. The number of aromatic hydroxyl groups is 1. The van der Waals surface area contributed by atoms with Gasteiger partial charge in [-0.25, -0.2) is 9.59 Å². The highest BCUT2D eigenvalue weighted by atomic mass is 16.5. The number of phenolic OH excluding ortho intramolecular Hbond substituents is 1. The minimum atomic E-state index is -1.39. The van der Waals surface area contributed by atoms with Crippen molar-refractivity contribution in [3.05, 3.63) is 23.8 Å². The van der Waals surface area contributed by atoms with E-state index in [1.807, 2.05) is 0 Å². The van der Waals surface area contributed by atoms with E-state index >= 15 is 0 Å². The molecule has 1 heterocycles. The van der Waals surface area contributed by atoms with Crippen molar-refractivity contribution in [2.24, 2.45) is 4.99 Å². The van der Waals surface area contributed by atoms with Gasteiger partial charge in [0.15, 0.2) is 5.96 Å². The Bertz CT molecular complexity index is 783. The number of nitrogens with zero attached hydrogens (tertiary/aromatic N) is 1. The molecule has 1 aliphatic heterocycles. The average molecular weight is 409 g/mol. The first-order valence-corrected chi connectivity index (χ1v) is 8.74. The number of aliphatic imine (C=N–C) groups is 1. The third-order valence-electron chi connectivity index (χ3n) is 3.79. The molecule has 0 bridgehead atoms. The Labute approximate surface area is 166 Å². The van der Waals surface area contributed by atoms with Crippen molar-refractivity contribution in [3.63, 3.8) is 0 Å². The standard InChI is InChI=1S/C17H23N5O7/c1-28-17(27)22-12(15(25)26)9-21-14(24)11-3-2-10(8-13(11)23)29-7-6-20-16-18-4-5-19-16/h2-3,8,12,23H,4-7,9H2,1H3,(H,21,24)(H,22,27)(H,25,26)(H2,18,19,20)/t12-/m0/s1. The number of methoxy groups -OCH3 is 1. The number of carboxylic acid groups (broad SMARTS) is 1. The first kappa shape index (κ1) is 21.6. The van der Waals surface area contributed by atoms with Crippen LogP contribution in [-0.2, 0) is 9.53 Å². The van der Waals surface area contributed by atoms with Crippen molar-refractivity contribution in [3.8, 4) is 11.5 Å². The van der Waals surface area contributed by atoms with Gasteiger partial charge in [0.2, 0.25) is 0 Å². The summed E-state index contributed by atoms with van der Waals surface area (Å²) < 4.78 is 9.82. The van der Waals surface area contributed by atoms with Gasteiger partial charge in [0.25, 0.3) is 5.91 Å². The highest BCUT2D eigenvalue weighted by Crippen LogP contribution is 2.23. The summed E-state index contributed by atoms with van der Waals surface area (Å²) in [5.41, 5.74) is -0.0674. The minimum Gasteiger partial charge on any atom is -0.507 e. The van der Waals surface area contributed by atoms with Crippen molar-refractivity contribution >= 4 is 23.9 Å². The van der Waals surface area contributed by atoms with Gasteiger partial charge in [0.1, 0.15) is 24.1 Å². The molecule has 0 aromatic heterocycles. The molecule has 12 nitrogen and oxygen atoms in total. The van der Waals surface area contributed by atoms with Crippen LogP contribution in [0, 0.1) is 0 Å². The third-order valence-corrected chi connectivity index (χ3v) is 3.79. The van der Waals surface area contributed by atoms with Gasteiger partial charge in [0, 0.05) is 19.2 Å². The van der Waals surface area contributed by atoms with E-state index < -0.39 is 30.6 Å². The van der Waals surface area contributed by atoms with Gasteiger partial charge in [-0.2, -0.15) is 0 Å². The van der Waals surface area contributed by atoms with Crippen molar-refractivity contribution < 1.29 is 34.1 Å².